The van der Waals surface area contributed by atoms with Gasteiger partial charge in [-0.1, -0.05) is 36.4 Å². The molecule has 0 aromatic heterocycles. The Hall–Kier alpha value is -1.57. The predicted molar refractivity (Wildman–Crippen MR) is 73.0 cm³/mol. The van der Waals surface area contributed by atoms with Crippen LogP contribution in [-0.4, -0.2) is 11.6 Å². The fourth-order valence-electron chi connectivity index (χ4n) is 1.78. The molecule has 0 aliphatic rings. The van der Waals surface area contributed by atoms with Gasteiger partial charge in [0.05, 0.1) is 0 Å². The molecule has 1 unspecified atom stereocenters. The van der Waals surface area contributed by atoms with Crippen molar-refractivity contribution in [3.63, 3.8) is 0 Å². The highest BCUT2D eigenvalue weighted by Crippen LogP contribution is 2.39. The standard InChI is InChI=1S/C14H15O3P/c1-11-8-9-13(17-18(2,15)16)10-14(11)12-6-4-3-5-7-12/h3-10H,1-2H3,(H,15,16). The third-order valence-corrected chi connectivity index (χ3v) is 3.12. The van der Waals surface area contributed by atoms with Crippen LogP contribution in [0.2, 0.25) is 0 Å². The Morgan fingerprint density at radius 3 is 2.39 bits per heavy atom. The average molecular weight is 262 g/mol. The molecule has 0 radical (unpaired) electrons. The van der Waals surface area contributed by atoms with E-state index in [4.69, 9.17) is 4.52 Å². The first-order chi connectivity index (χ1) is 8.46. The smallest absolute Gasteiger partial charge is 0.373 e. The van der Waals surface area contributed by atoms with Crippen LogP contribution in [0.5, 0.6) is 5.75 Å². The second-order valence-corrected chi connectivity index (χ2v) is 6.03. The van der Waals surface area contributed by atoms with Crippen LogP contribution < -0.4 is 4.52 Å². The normalized spacial score (nSPS) is 13.9. The molecule has 94 valence electrons. The maximum Gasteiger partial charge on any atom is 0.373 e. The Morgan fingerprint density at radius 1 is 1.11 bits per heavy atom. The minimum absolute atomic E-state index is 0.410. The van der Waals surface area contributed by atoms with Crippen LogP contribution >= 0.6 is 7.60 Å². The van der Waals surface area contributed by atoms with Gasteiger partial charge in [0.1, 0.15) is 5.75 Å². The fraction of sp³-hybridized carbons (Fsp3) is 0.143. The highest BCUT2D eigenvalue weighted by Gasteiger charge is 2.13. The van der Waals surface area contributed by atoms with Crippen molar-refractivity contribution in [3.05, 3.63) is 54.1 Å². The van der Waals surface area contributed by atoms with Gasteiger partial charge in [-0.25, -0.2) is 4.57 Å². The van der Waals surface area contributed by atoms with Gasteiger partial charge >= 0.3 is 7.60 Å². The number of rotatable bonds is 3. The van der Waals surface area contributed by atoms with Gasteiger partial charge in [0, 0.05) is 6.66 Å². The molecule has 0 amide bonds. The average Bonchev–Trinajstić information content (AvgIpc) is 2.31. The molecule has 0 saturated heterocycles. The molecule has 0 heterocycles. The lowest BCUT2D eigenvalue weighted by Gasteiger charge is -2.12. The Labute approximate surface area is 107 Å². The summed E-state index contributed by atoms with van der Waals surface area (Å²) in [6, 6.07) is 15.2. The first-order valence-corrected chi connectivity index (χ1v) is 7.64. The van der Waals surface area contributed by atoms with Crippen molar-refractivity contribution in [2.24, 2.45) is 0 Å². The third kappa shape index (κ3) is 3.22. The number of hydrogen-bond donors (Lipinski definition) is 1. The monoisotopic (exact) mass is 262 g/mol. The van der Waals surface area contributed by atoms with Crippen LogP contribution in [0.15, 0.2) is 48.5 Å². The van der Waals surface area contributed by atoms with E-state index in [1.807, 2.05) is 43.3 Å². The van der Waals surface area contributed by atoms with Crippen molar-refractivity contribution in [3.8, 4) is 16.9 Å². The van der Waals surface area contributed by atoms with Gasteiger partial charge in [0.2, 0.25) is 0 Å². The van der Waals surface area contributed by atoms with E-state index in [0.717, 1.165) is 16.7 Å². The first kappa shape index (κ1) is 12.9. The van der Waals surface area contributed by atoms with E-state index in [-0.39, 0.29) is 0 Å². The summed E-state index contributed by atoms with van der Waals surface area (Å²) in [5.41, 5.74) is 3.16. The molecular formula is C14H15O3P. The zero-order valence-corrected chi connectivity index (χ0v) is 11.2. The van der Waals surface area contributed by atoms with E-state index in [1.54, 1.807) is 12.1 Å². The first-order valence-electron chi connectivity index (χ1n) is 5.62. The summed E-state index contributed by atoms with van der Waals surface area (Å²) >= 11 is 0. The highest BCUT2D eigenvalue weighted by atomic mass is 31.2. The van der Waals surface area contributed by atoms with E-state index in [0.29, 0.717) is 5.75 Å². The van der Waals surface area contributed by atoms with Gasteiger partial charge in [-0.2, -0.15) is 0 Å². The number of aryl methyl sites for hydroxylation is 1. The second-order valence-electron chi connectivity index (χ2n) is 4.24. The van der Waals surface area contributed by atoms with E-state index in [1.165, 1.54) is 6.66 Å². The molecule has 0 saturated carbocycles. The highest BCUT2D eigenvalue weighted by molar-refractivity contribution is 7.52. The molecule has 3 nitrogen and oxygen atoms in total. The van der Waals surface area contributed by atoms with Gasteiger partial charge in [-0.05, 0) is 35.7 Å². The molecule has 2 aromatic rings. The lowest BCUT2D eigenvalue weighted by Crippen LogP contribution is -1.91. The molecule has 0 fully saturated rings. The summed E-state index contributed by atoms with van der Waals surface area (Å²) in [5, 5.41) is 0. The van der Waals surface area contributed by atoms with Gasteiger partial charge in [0.15, 0.2) is 0 Å². The van der Waals surface area contributed by atoms with Crippen molar-refractivity contribution in [2.45, 2.75) is 6.92 Å². The summed E-state index contributed by atoms with van der Waals surface area (Å²) in [5.74, 6) is 0.410. The zero-order chi connectivity index (χ0) is 13.2. The molecular weight excluding hydrogens is 247 g/mol. The maximum atomic E-state index is 11.3. The van der Waals surface area contributed by atoms with E-state index < -0.39 is 7.60 Å². The van der Waals surface area contributed by atoms with Crippen molar-refractivity contribution in [1.82, 2.24) is 0 Å². The predicted octanol–water partition coefficient (Wildman–Crippen LogP) is 3.86. The summed E-state index contributed by atoms with van der Waals surface area (Å²) in [7, 11) is -3.51. The molecule has 1 N–H and O–H groups in total. The number of hydrogen-bond acceptors (Lipinski definition) is 2. The van der Waals surface area contributed by atoms with E-state index >= 15 is 0 Å². The molecule has 1 atom stereocenters. The second kappa shape index (κ2) is 4.97. The van der Waals surface area contributed by atoms with E-state index in [2.05, 4.69) is 0 Å². The van der Waals surface area contributed by atoms with Gasteiger partial charge in [-0.3, -0.25) is 0 Å². The molecule has 0 bridgehead atoms. The van der Waals surface area contributed by atoms with Gasteiger partial charge in [0.25, 0.3) is 0 Å². The van der Waals surface area contributed by atoms with Crippen LogP contribution in [0.3, 0.4) is 0 Å². The SMILES string of the molecule is Cc1ccc(OP(C)(=O)O)cc1-c1ccccc1. The molecule has 4 heteroatoms. The largest absolute Gasteiger partial charge is 0.425 e. The topological polar surface area (TPSA) is 46.5 Å². The maximum absolute atomic E-state index is 11.3. The summed E-state index contributed by atoms with van der Waals surface area (Å²) in [6.07, 6.45) is 0. The van der Waals surface area contributed by atoms with Gasteiger partial charge < -0.3 is 9.42 Å². The summed E-state index contributed by atoms with van der Waals surface area (Å²) < 4.78 is 16.3. The minimum atomic E-state index is -3.51. The van der Waals surface area contributed by atoms with Crippen LogP contribution in [0.1, 0.15) is 5.56 Å². The van der Waals surface area contributed by atoms with Crippen LogP contribution in [0, 0.1) is 6.92 Å². The van der Waals surface area contributed by atoms with Crippen molar-refractivity contribution >= 4 is 7.60 Å². The van der Waals surface area contributed by atoms with Crippen LogP contribution in [-0.2, 0) is 4.57 Å². The van der Waals surface area contributed by atoms with Gasteiger partial charge in [-0.15, -0.1) is 0 Å². The molecule has 18 heavy (non-hydrogen) atoms. The quantitative estimate of drug-likeness (QED) is 0.854. The van der Waals surface area contributed by atoms with Crippen LogP contribution in [0.25, 0.3) is 11.1 Å². The molecule has 0 spiro atoms. The Balaban J connectivity index is 2.42. The molecule has 0 aliphatic carbocycles. The van der Waals surface area contributed by atoms with Crippen molar-refractivity contribution in [2.75, 3.05) is 6.66 Å². The molecule has 2 aromatic carbocycles. The third-order valence-electron chi connectivity index (χ3n) is 2.57. The zero-order valence-electron chi connectivity index (χ0n) is 10.3. The lowest BCUT2D eigenvalue weighted by molar-refractivity contribution is 0.387. The number of benzene rings is 2. The lowest BCUT2D eigenvalue weighted by atomic mass is 10.0. The Bertz CT molecular complexity index is 587. The van der Waals surface area contributed by atoms with E-state index in [9.17, 15) is 9.46 Å². The molecule has 0 aliphatic heterocycles. The summed E-state index contributed by atoms with van der Waals surface area (Å²) in [6.45, 7) is 3.17. The fourth-order valence-corrected chi connectivity index (χ4v) is 2.29. The Kier molecular flexibility index (Phi) is 3.55. The summed E-state index contributed by atoms with van der Waals surface area (Å²) in [4.78, 5) is 9.24. The Morgan fingerprint density at radius 2 is 1.78 bits per heavy atom. The minimum Gasteiger partial charge on any atom is -0.425 e. The molecule has 2 rings (SSSR count). The van der Waals surface area contributed by atoms with Crippen molar-refractivity contribution < 1.29 is 14.0 Å². The van der Waals surface area contributed by atoms with Crippen molar-refractivity contribution in [1.29, 1.82) is 0 Å². The van der Waals surface area contributed by atoms with Crippen LogP contribution in [0.4, 0.5) is 0 Å².